The minimum Gasteiger partial charge on any atom is -0.339 e. The Hall–Kier alpha value is -2.85. The van der Waals surface area contributed by atoms with Crippen molar-refractivity contribution < 1.29 is 4.79 Å². The molecule has 114 valence electrons. The first-order valence-electron chi connectivity index (χ1n) is 7.06. The Balaban J connectivity index is 1.68. The van der Waals surface area contributed by atoms with Crippen molar-refractivity contribution in [3.63, 3.8) is 0 Å². The van der Waals surface area contributed by atoms with Crippen LogP contribution in [0.4, 0.5) is 17.2 Å². The number of amides is 1. The van der Waals surface area contributed by atoms with Gasteiger partial charge in [0.1, 0.15) is 5.82 Å². The van der Waals surface area contributed by atoms with Gasteiger partial charge in [0.2, 0.25) is 0 Å². The molecule has 1 amide bonds. The van der Waals surface area contributed by atoms with E-state index >= 15 is 0 Å². The van der Waals surface area contributed by atoms with E-state index < -0.39 is 0 Å². The molecular weight excluding hydrogens is 310 g/mol. The van der Waals surface area contributed by atoms with Crippen LogP contribution in [0.15, 0.2) is 72.9 Å². The molecule has 0 aliphatic rings. The molecule has 23 heavy (non-hydrogen) atoms. The van der Waals surface area contributed by atoms with E-state index in [1.807, 2.05) is 36.4 Å². The fourth-order valence-electron chi connectivity index (χ4n) is 2.04. The number of carbonyl (C=O) groups excluding carboxylic acids is 1. The van der Waals surface area contributed by atoms with E-state index in [1.165, 1.54) is 0 Å². The number of pyridine rings is 1. The summed E-state index contributed by atoms with van der Waals surface area (Å²) in [6.07, 6.45) is 1.60. The molecule has 0 saturated heterocycles. The number of nitrogens with one attached hydrogen (secondary N) is 2. The van der Waals surface area contributed by atoms with E-state index in [1.54, 1.807) is 36.5 Å². The van der Waals surface area contributed by atoms with Crippen molar-refractivity contribution in [3.05, 3.63) is 83.5 Å². The average Bonchev–Trinajstić information content (AvgIpc) is 2.59. The lowest BCUT2D eigenvalue weighted by molar-refractivity contribution is 0.102. The molecule has 5 heteroatoms. The lowest BCUT2D eigenvalue weighted by Gasteiger charge is -2.09. The Morgan fingerprint density at radius 3 is 2.35 bits per heavy atom. The second kappa shape index (κ2) is 6.94. The number of hydrogen-bond donors (Lipinski definition) is 2. The van der Waals surface area contributed by atoms with Crippen LogP contribution < -0.4 is 10.6 Å². The summed E-state index contributed by atoms with van der Waals surface area (Å²) in [4.78, 5) is 16.3. The maximum atomic E-state index is 12.1. The highest BCUT2D eigenvalue weighted by Gasteiger charge is 2.06. The second-order valence-corrected chi connectivity index (χ2v) is 5.26. The number of rotatable bonds is 4. The molecule has 2 N–H and O–H groups in total. The van der Waals surface area contributed by atoms with Crippen LogP contribution in [-0.2, 0) is 0 Å². The highest BCUT2D eigenvalue weighted by atomic mass is 35.5. The first kappa shape index (κ1) is 15.1. The summed E-state index contributed by atoms with van der Waals surface area (Å²) >= 11 is 6.09. The third kappa shape index (κ3) is 3.87. The monoisotopic (exact) mass is 323 g/mol. The summed E-state index contributed by atoms with van der Waals surface area (Å²) in [5.41, 5.74) is 2.01. The Bertz CT molecular complexity index is 804. The van der Waals surface area contributed by atoms with Gasteiger partial charge in [-0.3, -0.25) is 4.79 Å². The molecule has 3 rings (SSSR count). The second-order valence-electron chi connectivity index (χ2n) is 4.86. The van der Waals surface area contributed by atoms with Crippen molar-refractivity contribution in [1.82, 2.24) is 4.98 Å². The van der Waals surface area contributed by atoms with Gasteiger partial charge in [-0.2, -0.15) is 0 Å². The van der Waals surface area contributed by atoms with Crippen molar-refractivity contribution in [2.24, 2.45) is 0 Å². The van der Waals surface area contributed by atoms with Crippen LogP contribution in [0.1, 0.15) is 10.4 Å². The first-order chi connectivity index (χ1) is 11.2. The third-order valence-electron chi connectivity index (χ3n) is 3.19. The summed E-state index contributed by atoms with van der Waals surface area (Å²) in [6.45, 7) is 0. The predicted octanol–water partition coefficient (Wildman–Crippen LogP) is 4.73. The summed E-state index contributed by atoms with van der Waals surface area (Å²) in [5, 5.41) is 6.56. The third-order valence-corrected chi connectivity index (χ3v) is 3.52. The van der Waals surface area contributed by atoms with Crippen LogP contribution in [-0.4, -0.2) is 10.9 Å². The van der Waals surface area contributed by atoms with Crippen molar-refractivity contribution >= 4 is 34.7 Å². The Morgan fingerprint density at radius 1 is 0.913 bits per heavy atom. The lowest BCUT2D eigenvalue weighted by atomic mass is 10.2. The summed E-state index contributed by atoms with van der Waals surface area (Å²) in [6, 6.07) is 20.0. The highest BCUT2D eigenvalue weighted by Crippen LogP contribution is 2.24. The van der Waals surface area contributed by atoms with Gasteiger partial charge in [-0.1, -0.05) is 41.9 Å². The molecule has 4 nitrogen and oxygen atoms in total. The van der Waals surface area contributed by atoms with Crippen LogP contribution in [0.3, 0.4) is 0 Å². The van der Waals surface area contributed by atoms with Crippen LogP contribution in [0.25, 0.3) is 0 Å². The van der Waals surface area contributed by atoms with E-state index in [2.05, 4.69) is 15.6 Å². The molecule has 1 aromatic heterocycles. The molecule has 0 spiro atoms. The number of anilines is 3. The van der Waals surface area contributed by atoms with Crippen LogP contribution in [0.2, 0.25) is 5.02 Å². The fraction of sp³-hybridized carbons (Fsp3) is 0. The molecule has 2 aromatic carbocycles. The SMILES string of the molecule is O=C(Nc1ccc(Nc2ccccc2Cl)nc1)c1ccccc1. The van der Waals surface area contributed by atoms with Gasteiger partial charge in [0.05, 0.1) is 22.6 Å². The van der Waals surface area contributed by atoms with Gasteiger partial charge < -0.3 is 10.6 Å². The quantitative estimate of drug-likeness (QED) is 0.729. The zero-order valence-corrected chi connectivity index (χ0v) is 12.9. The van der Waals surface area contributed by atoms with E-state index in [-0.39, 0.29) is 5.91 Å². The molecule has 0 aliphatic carbocycles. The van der Waals surface area contributed by atoms with Gasteiger partial charge in [0, 0.05) is 5.56 Å². The summed E-state index contributed by atoms with van der Waals surface area (Å²) in [7, 11) is 0. The molecule has 0 aliphatic heterocycles. The Morgan fingerprint density at radius 2 is 1.65 bits per heavy atom. The summed E-state index contributed by atoms with van der Waals surface area (Å²) < 4.78 is 0. The lowest BCUT2D eigenvalue weighted by Crippen LogP contribution is -2.11. The molecule has 3 aromatic rings. The first-order valence-corrected chi connectivity index (χ1v) is 7.44. The Kier molecular flexibility index (Phi) is 4.54. The molecule has 0 radical (unpaired) electrons. The van der Waals surface area contributed by atoms with Gasteiger partial charge in [0.25, 0.3) is 5.91 Å². The van der Waals surface area contributed by atoms with Gasteiger partial charge in [-0.25, -0.2) is 4.98 Å². The fourth-order valence-corrected chi connectivity index (χ4v) is 2.22. The average molecular weight is 324 g/mol. The number of nitrogens with zero attached hydrogens (tertiary/aromatic N) is 1. The van der Waals surface area contributed by atoms with Gasteiger partial charge in [0.15, 0.2) is 0 Å². The highest BCUT2D eigenvalue weighted by molar-refractivity contribution is 6.33. The maximum Gasteiger partial charge on any atom is 0.255 e. The molecule has 0 saturated carbocycles. The Labute approximate surface area is 139 Å². The largest absolute Gasteiger partial charge is 0.339 e. The van der Waals surface area contributed by atoms with Gasteiger partial charge >= 0.3 is 0 Å². The normalized spacial score (nSPS) is 10.1. The zero-order chi connectivity index (χ0) is 16.1. The minimum atomic E-state index is -0.167. The molecule has 0 fully saturated rings. The number of aromatic nitrogens is 1. The number of halogens is 1. The number of benzene rings is 2. The predicted molar refractivity (Wildman–Crippen MR) is 93.4 cm³/mol. The van der Waals surface area contributed by atoms with Crippen molar-refractivity contribution in [2.75, 3.05) is 10.6 Å². The van der Waals surface area contributed by atoms with Gasteiger partial charge in [-0.05, 0) is 36.4 Å². The van der Waals surface area contributed by atoms with Crippen molar-refractivity contribution in [3.8, 4) is 0 Å². The standard InChI is InChI=1S/C18H14ClN3O/c19-15-8-4-5-9-16(15)22-17-11-10-14(12-20-17)21-18(23)13-6-2-1-3-7-13/h1-12H,(H,20,22)(H,21,23). The van der Waals surface area contributed by atoms with Crippen LogP contribution >= 0.6 is 11.6 Å². The topological polar surface area (TPSA) is 54.0 Å². The molecule has 0 bridgehead atoms. The summed E-state index contributed by atoms with van der Waals surface area (Å²) in [5.74, 6) is 0.482. The molecule has 0 atom stereocenters. The van der Waals surface area contributed by atoms with Crippen molar-refractivity contribution in [2.45, 2.75) is 0 Å². The minimum absolute atomic E-state index is 0.167. The number of para-hydroxylation sites is 1. The number of hydrogen-bond acceptors (Lipinski definition) is 3. The van der Waals surface area contributed by atoms with E-state index in [0.29, 0.717) is 22.1 Å². The zero-order valence-electron chi connectivity index (χ0n) is 12.2. The number of carbonyl (C=O) groups is 1. The molecular formula is C18H14ClN3O. The molecule has 0 unspecified atom stereocenters. The smallest absolute Gasteiger partial charge is 0.255 e. The molecule has 1 heterocycles. The van der Waals surface area contributed by atoms with Crippen molar-refractivity contribution in [1.29, 1.82) is 0 Å². The van der Waals surface area contributed by atoms with E-state index in [9.17, 15) is 4.79 Å². The van der Waals surface area contributed by atoms with E-state index in [0.717, 1.165) is 5.69 Å². The van der Waals surface area contributed by atoms with E-state index in [4.69, 9.17) is 11.6 Å². The van der Waals surface area contributed by atoms with Gasteiger partial charge in [-0.15, -0.1) is 0 Å². The van der Waals surface area contributed by atoms with Crippen LogP contribution in [0, 0.1) is 0 Å². The van der Waals surface area contributed by atoms with Crippen LogP contribution in [0.5, 0.6) is 0 Å². The maximum absolute atomic E-state index is 12.1.